The number of benzene rings is 3. The molecule has 4 rings (SSSR count). The van der Waals surface area contributed by atoms with Crippen LogP contribution in [0.15, 0.2) is 70.7 Å². The van der Waals surface area contributed by atoms with E-state index in [4.69, 9.17) is 21.9 Å². The Morgan fingerprint density at radius 1 is 1.25 bits per heavy atom. The van der Waals surface area contributed by atoms with E-state index in [2.05, 4.69) is 10.0 Å². The first-order valence-corrected chi connectivity index (χ1v) is 13.1. The summed E-state index contributed by atoms with van der Waals surface area (Å²) in [7, 11) is -3.92. The summed E-state index contributed by atoms with van der Waals surface area (Å²) in [5.74, 6) is -0.0498. The minimum atomic E-state index is -3.92. The summed E-state index contributed by atoms with van der Waals surface area (Å²) in [6.45, 7) is 3.80. The Bertz CT molecular complexity index is 1470. The second kappa shape index (κ2) is 10.6. The molecule has 3 aromatic rings. The fourth-order valence-electron chi connectivity index (χ4n) is 4.14. The highest BCUT2D eigenvalue weighted by Gasteiger charge is 2.34. The average molecular weight is 527 g/mol. The van der Waals surface area contributed by atoms with Gasteiger partial charge in [0.2, 0.25) is 0 Å². The van der Waals surface area contributed by atoms with E-state index in [9.17, 15) is 12.8 Å². The molecule has 7 nitrogen and oxygen atoms in total. The smallest absolute Gasteiger partial charge is 0.264 e. The number of ether oxygens (including phenoxy) is 1. The Kier molecular flexibility index (Phi) is 7.54. The molecule has 0 bridgehead atoms. The number of aryl methyl sites for hydroxylation is 1. The number of allylic oxidation sites excluding steroid dienone is 1. The third kappa shape index (κ3) is 5.33. The molecule has 0 aromatic heterocycles. The SMILES string of the molecule is C/C(=C\c1ccc2c(c1)N(S(=O)(=O)c1cccc(C)c1)C[C@H](CCN=[N+]=[N-])O2)c1c(F)cccc1Cl. The van der Waals surface area contributed by atoms with Gasteiger partial charge >= 0.3 is 0 Å². The number of hydrogen-bond acceptors (Lipinski definition) is 4. The third-order valence-corrected chi connectivity index (χ3v) is 7.94. The lowest BCUT2D eigenvalue weighted by molar-refractivity contribution is 0.192. The minimum absolute atomic E-state index is 0.0511. The molecular formula is C26H24ClFN4O3S. The molecular weight excluding hydrogens is 503 g/mol. The maximum absolute atomic E-state index is 14.4. The van der Waals surface area contributed by atoms with Crippen LogP contribution in [0.3, 0.4) is 0 Å². The van der Waals surface area contributed by atoms with Crippen molar-refractivity contribution in [1.82, 2.24) is 0 Å². The van der Waals surface area contributed by atoms with Crippen LogP contribution in [0.2, 0.25) is 5.02 Å². The Morgan fingerprint density at radius 2 is 2.03 bits per heavy atom. The van der Waals surface area contributed by atoms with Crippen molar-refractivity contribution >= 4 is 39.0 Å². The van der Waals surface area contributed by atoms with Gasteiger partial charge in [0, 0.05) is 17.0 Å². The normalized spacial score (nSPS) is 15.6. The number of azide groups is 1. The molecule has 1 aliphatic heterocycles. The van der Waals surface area contributed by atoms with Crippen molar-refractivity contribution in [1.29, 1.82) is 0 Å². The molecule has 1 aliphatic rings. The van der Waals surface area contributed by atoms with Gasteiger partial charge < -0.3 is 4.74 Å². The molecule has 0 amide bonds. The molecule has 0 saturated carbocycles. The molecule has 1 heterocycles. The van der Waals surface area contributed by atoms with Crippen LogP contribution in [0.4, 0.5) is 10.1 Å². The van der Waals surface area contributed by atoms with Crippen LogP contribution in [0.1, 0.15) is 30.0 Å². The predicted molar refractivity (Wildman–Crippen MR) is 140 cm³/mol. The zero-order valence-electron chi connectivity index (χ0n) is 19.7. The number of nitrogens with zero attached hydrogens (tertiary/aromatic N) is 4. The maximum Gasteiger partial charge on any atom is 0.264 e. The summed E-state index contributed by atoms with van der Waals surface area (Å²) in [4.78, 5) is 2.93. The van der Waals surface area contributed by atoms with Crippen LogP contribution in [-0.4, -0.2) is 27.6 Å². The zero-order chi connectivity index (χ0) is 25.9. The minimum Gasteiger partial charge on any atom is -0.486 e. The van der Waals surface area contributed by atoms with Gasteiger partial charge in [0.1, 0.15) is 17.7 Å². The lowest BCUT2D eigenvalue weighted by atomic mass is 10.0. The fourth-order valence-corrected chi connectivity index (χ4v) is 6.06. The number of halogens is 2. The lowest BCUT2D eigenvalue weighted by Gasteiger charge is -2.35. The summed E-state index contributed by atoms with van der Waals surface area (Å²) in [5, 5.41) is 3.84. The van der Waals surface area contributed by atoms with Crippen LogP contribution >= 0.6 is 11.6 Å². The van der Waals surface area contributed by atoms with Crippen LogP contribution in [0.25, 0.3) is 22.1 Å². The Morgan fingerprint density at radius 3 is 2.75 bits per heavy atom. The van der Waals surface area contributed by atoms with Gasteiger partial charge in [-0.3, -0.25) is 4.31 Å². The fraction of sp³-hybridized carbons (Fsp3) is 0.231. The highest BCUT2D eigenvalue weighted by molar-refractivity contribution is 7.92. The van der Waals surface area contributed by atoms with Crippen LogP contribution in [0, 0.1) is 12.7 Å². The molecule has 1 atom stereocenters. The highest BCUT2D eigenvalue weighted by Crippen LogP contribution is 2.39. The number of rotatable bonds is 7. The van der Waals surface area contributed by atoms with E-state index in [1.165, 1.54) is 16.4 Å². The number of sulfonamides is 1. The van der Waals surface area contributed by atoms with Crippen LogP contribution in [-0.2, 0) is 10.0 Å². The van der Waals surface area contributed by atoms with Crippen molar-refractivity contribution in [2.75, 3.05) is 17.4 Å². The molecule has 186 valence electrons. The van der Waals surface area contributed by atoms with Crippen molar-refractivity contribution < 1.29 is 17.5 Å². The highest BCUT2D eigenvalue weighted by atomic mass is 35.5. The Labute approximate surface area is 214 Å². The van der Waals surface area contributed by atoms with Gasteiger partial charge in [-0.05, 0) is 78.9 Å². The lowest BCUT2D eigenvalue weighted by Crippen LogP contribution is -2.43. The average Bonchev–Trinajstić information content (AvgIpc) is 2.83. The summed E-state index contributed by atoms with van der Waals surface area (Å²) in [6.07, 6.45) is 1.61. The Hall–Kier alpha value is -3.52. The monoisotopic (exact) mass is 526 g/mol. The van der Waals surface area contributed by atoms with E-state index < -0.39 is 21.9 Å². The van der Waals surface area contributed by atoms with E-state index in [-0.39, 0.29) is 28.6 Å². The maximum atomic E-state index is 14.4. The molecule has 0 spiro atoms. The van der Waals surface area contributed by atoms with Crippen molar-refractivity contribution in [3.63, 3.8) is 0 Å². The first kappa shape index (κ1) is 25.6. The first-order chi connectivity index (χ1) is 17.2. The second-order valence-electron chi connectivity index (χ2n) is 8.49. The summed E-state index contributed by atoms with van der Waals surface area (Å²) in [6, 6.07) is 16.4. The first-order valence-electron chi connectivity index (χ1n) is 11.2. The van der Waals surface area contributed by atoms with E-state index in [0.29, 0.717) is 29.0 Å². The van der Waals surface area contributed by atoms with Gasteiger partial charge in [-0.1, -0.05) is 47.1 Å². The van der Waals surface area contributed by atoms with Gasteiger partial charge in [-0.15, -0.1) is 0 Å². The second-order valence-corrected chi connectivity index (χ2v) is 10.8. The van der Waals surface area contributed by atoms with E-state index in [0.717, 1.165) is 5.56 Å². The molecule has 0 radical (unpaired) electrons. The number of fused-ring (bicyclic) bond motifs is 1. The largest absolute Gasteiger partial charge is 0.486 e. The van der Waals surface area contributed by atoms with Crippen molar-refractivity contribution in [3.05, 3.63) is 98.6 Å². The van der Waals surface area contributed by atoms with Gasteiger partial charge in [-0.25, -0.2) is 12.8 Å². The number of anilines is 1. The molecule has 0 N–H and O–H groups in total. The Balaban J connectivity index is 1.78. The number of hydrogen-bond donors (Lipinski definition) is 0. The van der Waals surface area contributed by atoms with Crippen LogP contribution < -0.4 is 9.04 Å². The standard InChI is InChI=1S/C26H24ClFN4O3S/c1-17-5-3-6-21(13-17)36(33,34)32-16-20(11-12-30-31-29)35-25-10-9-19(15-24(25)32)14-18(2)26-22(27)7-4-8-23(26)28/h3-10,13-15,20H,11-12,16H2,1-2H3/b18-14+/t20-/m0/s1. The third-order valence-electron chi connectivity index (χ3n) is 5.85. The van der Waals surface area contributed by atoms with Crippen LogP contribution in [0.5, 0.6) is 5.75 Å². The van der Waals surface area contributed by atoms with Gasteiger partial charge in [-0.2, -0.15) is 0 Å². The zero-order valence-corrected chi connectivity index (χ0v) is 21.3. The molecule has 3 aromatic carbocycles. The quantitative estimate of drug-likeness (QED) is 0.143. The topological polar surface area (TPSA) is 95.4 Å². The summed E-state index contributed by atoms with van der Waals surface area (Å²) in [5.41, 5.74) is 11.3. The van der Waals surface area contributed by atoms with Crippen molar-refractivity contribution in [3.8, 4) is 5.75 Å². The van der Waals surface area contributed by atoms with Gasteiger partial charge in [0.05, 0.1) is 22.2 Å². The van der Waals surface area contributed by atoms with Crippen molar-refractivity contribution in [2.24, 2.45) is 5.11 Å². The predicted octanol–water partition coefficient (Wildman–Crippen LogP) is 7.00. The van der Waals surface area contributed by atoms with Gasteiger partial charge in [0.25, 0.3) is 10.0 Å². The molecule has 0 saturated heterocycles. The molecule has 0 aliphatic carbocycles. The van der Waals surface area contributed by atoms with E-state index in [1.807, 2.05) is 13.0 Å². The van der Waals surface area contributed by atoms with Gasteiger partial charge in [0.15, 0.2) is 0 Å². The van der Waals surface area contributed by atoms with E-state index in [1.54, 1.807) is 55.5 Å². The molecule has 0 fully saturated rings. The van der Waals surface area contributed by atoms with E-state index >= 15 is 0 Å². The molecule has 0 unspecified atom stereocenters. The summed E-state index contributed by atoms with van der Waals surface area (Å²) < 4.78 is 49.3. The molecule has 10 heteroatoms. The van der Waals surface area contributed by atoms with Crippen molar-refractivity contribution in [2.45, 2.75) is 31.3 Å². The molecule has 36 heavy (non-hydrogen) atoms. The summed E-state index contributed by atoms with van der Waals surface area (Å²) >= 11 is 6.22.